The third kappa shape index (κ3) is 24.4. The van der Waals surface area contributed by atoms with E-state index in [0.717, 1.165) is 24.3 Å². The fourth-order valence-corrected chi connectivity index (χ4v) is 1.87. The number of alkyl carbamates (subject to hydrolysis) is 1. The highest BCUT2D eigenvalue weighted by Crippen LogP contribution is 2.01. The quantitative estimate of drug-likeness (QED) is 0.181. The first-order valence-electron chi connectivity index (χ1n) is 10.7. The Bertz CT molecular complexity index is 907. The Labute approximate surface area is 213 Å². The molecule has 0 radical (unpaired) electrons. The average Bonchev–Trinajstić information content (AvgIpc) is 2.89. The van der Waals surface area contributed by atoms with Gasteiger partial charge >= 0.3 is 24.1 Å². The molecule has 13 nitrogen and oxygen atoms in total. The van der Waals surface area contributed by atoms with Crippen LogP contribution in [-0.2, 0) is 41.8 Å². The van der Waals surface area contributed by atoms with Gasteiger partial charge in [0.25, 0.3) is 0 Å². The van der Waals surface area contributed by atoms with Gasteiger partial charge in [-0.3, -0.25) is 10.1 Å². The summed E-state index contributed by atoms with van der Waals surface area (Å²) in [5, 5.41) is 26.2. The van der Waals surface area contributed by atoms with E-state index in [9.17, 15) is 14.4 Å². The summed E-state index contributed by atoms with van der Waals surface area (Å²) in [4.78, 5) is 49.2. The minimum Gasteiger partial charge on any atom is -0.478 e. The van der Waals surface area contributed by atoms with Gasteiger partial charge in [0.1, 0.15) is 13.2 Å². The normalized spacial score (nSPS) is 9.70. The van der Waals surface area contributed by atoms with E-state index in [1.54, 1.807) is 29.6 Å². The summed E-state index contributed by atoms with van der Waals surface area (Å²) in [5.74, 6) is -2.97. The molecule has 0 aromatic heterocycles. The number of hydrogen-bond acceptors (Lipinski definition) is 9. The molecule has 0 fully saturated rings. The van der Waals surface area contributed by atoms with E-state index in [2.05, 4.69) is 9.47 Å². The number of aliphatic carboxylic acids is 2. The van der Waals surface area contributed by atoms with Crippen LogP contribution in [0.5, 0.6) is 0 Å². The summed E-state index contributed by atoms with van der Waals surface area (Å²) in [7, 11) is 0. The monoisotopic (exact) mass is 524 g/mol. The number of rotatable bonds is 9. The van der Waals surface area contributed by atoms with E-state index in [-0.39, 0.29) is 19.5 Å². The molecule has 0 heterocycles. The van der Waals surface area contributed by atoms with Gasteiger partial charge in [0.05, 0.1) is 0 Å². The van der Waals surface area contributed by atoms with Crippen molar-refractivity contribution in [2.75, 3.05) is 13.2 Å². The summed E-state index contributed by atoms with van der Waals surface area (Å²) in [6.45, 7) is 5.93. The first-order chi connectivity index (χ1) is 17.6. The number of hydrogen-bond donors (Lipinski definition) is 5. The van der Waals surface area contributed by atoms with E-state index < -0.39 is 30.4 Å². The van der Waals surface area contributed by atoms with Crippen LogP contribution in [0.15, 0.2) is 60.7 Å². The number of nitrogens with two attached hydrogens (primary N) is 1. The van der Waals surface area contributed by atoms with E-state index >= 15 is 0 Å². The van der Waals surface area contributed by atoms with Crippen LogP contribution < -0.4 is 11.1 Å². The van der Waals surface area contributed by atoms with Crippen LogP contribution in [0, 0.1) is 0 Å². The van der Waals surface area contributed by atoms with E-state index in [4.69, 9.17) is 35.4 Å². The molecule has 1 atom stereocenters. The number of primary amides is 1. The highest BCUT2D eigenvalue weighted by atomic mass is 16.6. The largest absolute Gasteiger partial charge is 0.478 e. The van der Waals surface area contributed by atoms with Crippen molar-refractivity contribution in [3.63, 3.8) is 0 Å². The van der Waals surface area contributed by atoms with Crippen LogP contribution in [0.25, 0.3) is 0 Å². The van der Waals surface area contributed by atoms with E-state index in [1.165, 1.54) is 0 Å². The molecule has 2 aromatic rings. The second kappa shape index (κ2) is 23.3. The number of carboxylic acid groups (broad SMARTS) is 2. The lowest BCUT2D eigenvalue weighted by atomic mass is 10.2. The summed E-state index contributed by atoms with van der Waals surface area (Å²) >= 11 is 0. The number of carboxylic acids is 2. The molecule has 13 heteroatoms. The Balaban J connectivity index is 0. The SMILES string of the molecule is CCOCC.NC(=O)OCc1ccccc1.O=C(NC(O)C(=O)O)OCc1ccccc1.O=CC(=O)O. The maximum Gasteiger partial charge on any atom is 0.409 e. The maximum atomic E-state index is 11.0. The lowest BCUT2D eigenvalue weighted by Gasteiger charge is -2.08. The van der Waals surface area contributed by atoms with Gasteiger partial charge in [-0.25, -0.2) is 19.2 Å². The van der Waals surface area contributed by atoms with Crippen LogP contribution >= 0.6 is 0 Å². The molecule has 2 amide bonds. The van der Waals surface area contributed by atoms with Gasteiger partial charge in [0.2, 0.25) is 12.5 Å². The second-order valence-electron chi connectivity index (χ2n) is 6.28. The zero-order valence-corrected chi connectivity index (χ0v) is 20.4. The van der Waals surface area contributed by atoms with Crippen LogP contribution in [0.3, 0.4) is 0 Å². The van der Waals surface area contributed by atoms with Gasteiger partial charge in [-0.1, -0.05) is 60.7 Å². The van der Waals surface area contributed by atoms with E-state index in [1.807, 2.05) is 50.2 Å². The van der Waals surface area contributed by atoms with Crippen molar-refractivity contribution in [3.8, 4) is 0 Å². The topological polar surface area (TPSA) is 212 Å². The molecule has 0 bridgehead atoms. The fraction of sp³-hybridized carbons (Fsp3) is 0.292. The second-order valence-corrected chi connectivity index (χ2v) is 6.28. The van der Waals surface area contributed by atoms with Crippen LogP contribution in [0.2, 0.25) is 0 Å². The summed E-state index contributed by atoms with van der Waals surface area (Å²) in [5.41, 5.74) is 6.48. The molecule has 0 saturated carbocycles. The fourth-order valence-electron chi connectivity index (χ4n) is 1.87. The van der Waals surface area contributed by atoms with Gasteiger partial charge in [0, 0.05) is 13.2 Å². The number of aliphatic hydroxyl groups excluding tert-OH is 1. The van der Waals surface area contributed by atoms with Crippen molar-refractivity contribution in [2.45, 2.75) is 33.3 Å². The Morgan fingerprint density at radius 1 is 0.865 bits per heavy atom. The van der Waals surface area contributed by atoms with Gasteiger partial charge in [0.15, 0.2) is 0 Å². The van der Waals surface area contributed by atoms with Crippen molar-refractivity contribution in [2.24, 2.45) is 5.73 Å². The highest BCUT2D eigenvalue weighted by Gasteiger charge is 2.16. The molecular weight excluding hydrogens is 492 g/mol. The number of carbonyl (C=O) groups excluding carboxylic acids is 3. The third-order valence-corrected chi connectivity index (χ3v) is 3.43. The Morgan fingerprint density at radius 3 is 1.57 bits per heavy atom. The number of ether oxygens (including phenoxy) is 3. The molecule has 0 spiro atoms. The van der Waals surface area contributed by atoms with E-state index in [0.29, 0.717) is 0 Å². The van der Waals surface area contributed by atoms with Crippen LogP contribution in [-0.4, -0.2) is 65.2 Å². The third-order valence-electron chi connectivity index (χ3n) is 3.43. The van der Waals surface area contributed by atoms with Crippen molar-refractivity contribution in [1.82, 2.24) is 5.32 Å². The molecule has 0 aliphatic heterocycles. The summed E-state index contributed by atoms with van der Waals surface area (Å²) in [6.07, 6.45) is -3.85. The van der Waals surface area contributed by atoms with Gasteiger partial charge in [-0.05, 0) is 25.0 Å². The zero-order chi connectivity index (χ0) is 28.5. The van der Waals surface area contributed by atoms with Crippen molar-refractivity contribution in [3.05, 3.63) is 71.8 Å². The number of nitrogens with one attached hydrogen (secondary N) is 1. The summed E-state index contributed by atoms with van der Waals surface area (Å²) < 4.78 is 14.1. The smallest absolute Gasteiger partial charge is 0.409 e. The van der Waals surface area contributed by atoms with Crippen molar-refractivity contribution in [1.29, 1.82) is 0 Å². The molecule has 0 aliphatic rings. The van der Waals surface area contributed by atoms with Crippen LogP contribution in [0.1, 0.15) is 25.0 Å². The van der Waals surface area contributed by atoms with Crippen molar-refractivity contribution < 1.29 is 53.5 Å². The van der Waals surface area contributed by atoms with Gasteiger partial charge in [-0.15, -0.1) is 0 Å². The minimum atomic E-state index is -1.96. The standard InChI is InChI=1S/C10H11NO5.C8H9NO2.C4H10O.C2H2O3/c12-8(9(13)14)11-10(15)16-6-7-4-2-1-3-5-7;9-8(10)11-6-7-4-2-1-3-5-7;1-3-5-4-2;3-1-2(4)5/h1-5,8,12H,6H2,(H,11,15)(H,13,14);1-5H,6H2,(H2,9,10);3-4H2,1-2H3;1H,(H,4,5). The van der Waals surface area contributed by atoms with Crippen molar-refractivity contribution >= 4 is 30.4 Å². The molecule has 37 heavy (non-hydrogen) atoms. The lowest BCUT2D eigenvalue weighted by Crippen LogP contribution is -2.40. The number of aliphatic hydroxyl groups is 1. The predicted molar refractivity (Wildman–Crippen MR) is 130 cm³/mol. The Kier molecular flexibility index (Phi) is 21.8. The minimum absolute atomic E-state index is 0.0129. The number of amides is 2. The van der Waals surface area contributed by atoms with Gasteiger partial charge in [-0.2, -0.15) is 0 Å². The molecule has 2 rings (SSSR count). The Hall–Kier alpha value is -4.49. The molecule has 204 valence electrons. The molecule has 0 saturated heterocycles. The molecule has 2 aromatic carbocycles. The van der Waals surface area contributed by atoms with Gasteiger partial charge < -0.3 is 35.3 Å². The number of aldehydes is 1. The first-order valence-corrected chi connectivity index (χ1v) is 10.7. The van der Waals surface area contributed by atoms with Crippen LogP contribution in [0.4, 0.5) is 9.59 Å². The maximum absolute atomic E-state index is 11.0. The molecule has 1 unspecified atom stereocenters. The molecular formula is C24H32N2O11. The molecule has 6 N–H and O–H groups in total. The summed E-state index contributed by atoms with van der Waals surface area (Å²) in [6, 6.07) is 18.3. The predicted octanol–water partition coefficient (Wildman–Crippen LogP) is 1.91. The number of benzene rings is 2. The first kappa shape index (κ1) is 34.7. The Morgan fingerprint density at radius 2 is 1.27 bits per heavy atom. The average molecular weight is 525 g/mol. The highest BCUT2D eigenvalue weighted by molar-refractivity contribution is 6.19. The molecule has 0 aliphatic carbocycles. The zero-order valence-electron chi connectivity index (χ0n) is 20.4. The number of carbonyl (C=O) groups is 5. The lowest BCUT2D eigenvalue weighted by molar-refractivity contribution is -0.148.